The lowest BCUT2D eigenvalue weighted by molar-refractivity contribution is -0.142. The summed E-state index contributed by atoms with van der Waals surface area (Å²) in [6.07, 6.45) is 0.542. The van der Waals surface area contributed by atoms with E-state index in [1.165, 1.54) is 0 Å². The Morgan fingerprint density at radius 3 is 2.29 bits per heavy atom. The number of rotatable bonds is 5. The highest BCUT2D eigenvalue weighted by atomic mass is 16.4. The van der Waals surface area contributed by atoms with Crippen molar-refractivity contribution in [1.29, 1.82) is 0 Å². The van der Waals surface area contributed by atoms with Gasteiger partial charge in [0.2, 0.25) is 5.91 Å². The Morgan fingerprint density at radius 1 is 1.43 bits per heavy atom. The van der Waals surface area contributed by atoms with Gasteiger partial charge in [0, 0.05) is 6.04 Å². The summed E-state index contributed by atoms with van der Waals surface area (Å²) in [7, 11) is 0. The zero-order valence-electron chi connectivity index (χ0n) is 8.78. The number of nitrogens with one attached hydrogen (secondary N) is 1. The first-order valence-corrected chi connectivity index (χ1v) is 4.68. The van der Waals surface area contributed by atoms with Crippen LogP contribution in [0.4, 0.5) is 0 Å². The van der Waals surface area contributed by atoms with Gasteiger partial charge in [-0.25, -0.2) is 0 Å². The molecule has 0 aromatic rings. The van der Waals surface area contributed by atoms with E-state index in [1.54, 1.807) is 20.8 Å². The van der Waals surface area contributed by atoms with E-state index in [0.29, 0.717) is 6.42 Å². The Balaban J connectivity index is 4.12. The highest BCUT2D eigenvalue weighted by Gasteiger charge is 2.22. The van der Waals surface area contributed by atoms with Gasteiger partial charge in [0.05, 0.1) is 12.0 Å². The van der Waals surface area contributed by atoms with Crippen LogP contribution in [-0.2, 0) is 9.59 Å². The third-order valence-electron chi connectivity index (χ3n) is 2.29. The lowest BCUT2D eigenvalue weighted by Gasteiger charge is -2.19. The Hall–Kier alpha value is -1.10. The molecule has 2 unspecified atom stereocenters. The number of hydrogen-bond donors (Lipinski definition) is 3. The summed E-state index contributed by atoms with van der Waals surface area (Å²) in [6.45, 7) is 5.00. The van der Waals surface area contributed by atoms with Gasteiger partial charge >= 0.3 is 5.97 Å². The van der Waals surface area contributed by atoms with Gasteiger partial charge in [-0.1, -0.05) is 6.92 Å². The fraction of sp³-hybridized carbons (Fsp3) is 0.778. The van der Waals surface area contributed by atoms with Crippen molar-refractivity contribution in [2.45, 2.75) is 39.3 Å². The largest absolute Gasteiger partial charge is 0.481 e. The van der Waals surface area contributed by atoms with Crippen molar-refractivity contribution in [1.82, 2.24) is 5.32 Å². The molecule has 0 spiro atoms. The van der Waals surface area contributed by atoms with Crippen LogP contribution in [0.5, 0.6) is 0 Å². The summed E-state index contributed by atoms with van der Waals surface area (Å²) in [6, 6.07) is -0.962. The molecule has 0 rings (SSSR count). The van der Waals surface area contributed by atoms with E-state index in [2.05, 4.69) is 5.32 Å². The lowest BCUT2D eigenvalue weighted by Crippen LogP contribution is -2.47. The average molecular weight is 202 g/mol. The maximum absolute atomic E-state index is 11.3. The second kappa shape index (κ2) is 5.59. The number of aliphatic carboxylic acids is 1. The van der Waals surface area contributed by atoms with Crippen LogP contribution in [0.1, 0.15) is 27.2 Å². The van der Waals surface area contributed by atoms with E-state index in [4.69, 9.17) is 10.8 Å². The fourth-order valence-corrected chi connectivity index (χ4v) is 0.856. The second-order valence-electron chi connectivity index (χ2n) is 3.44. The highest BCUT2D eigenvalue weighted by Crippen LogP contribution is 2.02. The van der Waals surface area contributed by atoms with E-state index in [-0.39, 0.29) is 5.91 Å². The first-order valence-electron chi connectivity index (χ1n) is 4.68. The highest BCUT2D eigenvalue weighted by molar-refractivity contribution is 5.82. The predicted molar refractivity (Wildman–Crippen MR) is 52.7 cm³/mol. The van der Waals surface area contributed by atoms with E-state index < -0.39 is 24.0 Å². The molecule has 1 amide bonds. The number of carbonyl (C=O) groups is 2. The van der Waals surface area contributed by atoms with Crippen LogP contribution in [0.15, 0.2) is 0 Å². The zero-order chi connectivity index (χ0) is 11.3. The predicted octanol–water partition coefficient (Wildman–Crippen LogP) is -0.0509. The summed E-state index contributed by atoms with van der Waals surface area (Å²) in [5.41, 5.74) is 5.48. The number of nitrogens with two attached hydrogens (primary N) is 1. The van der Waals surface area contributed by atoms with Crippen molar-refractivity contribution < 1.29 is 14.7 Å². The van der Waals surface area contributed by atoms with Crippen molar-refractivity contribution >= 4 is 11.9 Å². The van der Waals surface area contributed by atoms with Crippen molar-refractivity contribution in [3.63, 3.8) is 0 Å². The SMILES string of the molecule is CC[C@H](N)C(=O)NC(C)C(C)C(=O)O. The van der Waals surface area contributed by atoms with Crippen LogP contribution in [-0.4, -0.2) is 29.1 Å². The third kappa shape index (κ3) is 3.74. The van der Waals surface area contributed by atoms with Gasteiger partial charge in [-0.2, -0.15) is 0 Å². The molecule has 5 nitrogen and oxygen atoms in total. The number of carbonyl (C=O) groups excluding carboxylic acids is 1. The molecule has 0 bridgehead atoms. The summed E-state index contributed by atoms with van der Waals surface area (Å²) >= 11 is 0. The number of carboxylic acids is 1. The van der Waals surface area contributed by atoms with Gasteiger partial charge in [-0.05, 0) is 20.3 Å². The van der Waals surface area contributed by atoms with Crippen molar-refractivity contribution in [2.75, 3.05) is 0 Å². The first kappa shape index (κ1) is 12.9. The Morgan fingerprint density at radius 2 is 1.93 bits per heavy atom. The normalized spacial score (nSPS) is 16.9. The van der Waals surface area contributed by atoms with E-state index in [9.17, 15) is 9.59 Å². The summed E-state index contributed by atoms with van der Waals surface area (Å²) < 4.78 is 0. The summed E-state index contributed by atoms with van der Waals surface area (Å²) in [5, 5.41) is 11.2. The third-order valence-corrected chi connectivity index (χ3v) is 2.29. The van der Waals surface area contributed by atoms with Crippen molar-refractivity contribution in [3.05, 3.63) is 0 Å². The van der Waals surface area contributed by atoms with Gasteiger partial charge in [0.25, 0.3) is 0 Å². The number of carboxylic acid groups (broad SMARTS) is 1. The fourth-order valence-electron chi connectivity index (χ4n) is 0.856. The molecule has 0 heterocycles. The smallest absolute Gasteiger partial charge is 0.308 e. The molecule has 0 saturated heterocycles. The van der Waals surface area contributed by atoms with Crippen molar-refractivity contribution in [2.24, 2.45) is 11.7 Å². The zero-order valence-corrected chi connectivity index (χ0v) is 8.78. The minimum absolute atomic E-state index is 0.298. The quantitative estimate of drug-likeness (QED) is 0.582. The standard InChI is InChI=1S/C9H18N2O3/c1-4-7(10)8(12)11-6(3)5(2)9(13)14/h5-7H,4,10H2,1-3H3,(H,11,12)(H,13,14)/t5?,6?,7-/m0/s1. The molecule has 0 aliphatic heterocycles. The number of hydrogen-bond acceptors (Lipinski definition) is 3. The molecule has 0 aromatic carbocycles. The summed E-state index contributed by atoms with van der Waals surface area (Å²) in [5.74, 6) is -1.83. The first-order chi connectivity index (χ1) is 6.40. The van der Waals surface area contributed by atoms with Crippen LogP contribution in [0.2, 0.25) is 0 Å². The molecule has 0 saturated carbocycles. The second-order valence-corrected chi connectivity index (χ2v) is 3.44. The molecule has 0 fully saturated rings. The van der Waals surface area contributed by atoms with E-state index >= 15 is 0 Å². The molecule has 5 heteroatoms. The molecule has 0 aliphatic rings. The van der Waals surface area contributed by atoms with Gasteiger partial charge in [-0.15, -0.1) is 0 Å². The van der Waals surface area contributed by atoms with E-state index in [1.807, 2.05) is 0 Å². The minimum Gasteiger partial charge on any atom is -0.481 e. The lowest BCUT2D eigenvalue weighted by atomic mass is 10.0. The monoisotopic (exact) mass is 202 g/mol. The van der Waals surface area contributed by atoms with Gasteiger partial charge in [-0.3, -0.25) is 9.59 Å². The molecule has 0 aliphatic carbocycles. The maximum atomic E-state index is 11.3. The molecule has 4 N–H and O–H groups in total. The van der Waals surface area contributed by atoms with Crippen LogP contribution < -0.4 is 11.1 Å². The van der Waals surface area contributed by atoms with Crippen LogP contribution >= 0.6 is 0 Å². The van der Waals surface area contributed by atoms with Gasteiger partial charge in [0.15, 0.2) is 0 Å². The molecule has 0 radical (unpaired) electrons. The molecule has 0 aromatic heterocycles. The average Bonchev–Trinajstić information content (AvgIpc) is 2.14. The molecule has 82 valence electrons. The minimum atomic E-state index is -0.928. The Labute approximate surface area is 83.7 Å². The molecular weight excluding hydrogens is 184 g/mol. The van der Waals surface area contributed by atoms with Crippen LogP contribution in [0.3, 0.4) is 0 Å². The Bertz CT molecular complexity index is 218. The molecule has 14 heavy (non-hydrogen) atoms. The number of amides is 1. The molecule has 3 atom stereocenters. The van der Waals surface area contributed by atoms with Crippen LogP contribution in [0, 0.1) is 5.92 Å². The Kier molecular flexibility index (Phi) is 5.15. The topological polar surface area (TPSA) is 92.4 Å². The van der Waals surface area contributed by atoms with Gasteiger partial charge in [0.1, 0.15) is 0 Å². The van der Waals surface area contributed by atoms with Crippen molar-refractivity contribution in [3.8, 4) is 0 Å². The summed E-state index contributed by atoms with van der Waals surface area (Å²) in [4.78, 5) is 21.9. The maximum Gasteiger partial charge on any atom is 0.308 e. The van der Waals surface area contributed by atoms with Crippen LogP contribution in [0.25, 0.3) is 0 Å². The van der Waals surface area contributed by atoms with Gasteiger partial charge < -0.3 is 16.2 Å². The molecular formula is C9H18N2O3. The van der Waals surface area contributed by atoms with E-state index in [0.717, 1.165) is 0 Å².